The Balaban J connectivity index is 2.11. The molecule has 1 heterocycles. The van der Waals surface area contributed by atoms with Gasteiger partial charge in [-0.05, 0) is 53.5 Å². The van der Waals surface area contributed by atoms with E-state index in [1.165, 1.54) is 14.2 Å². The van der Waals surface area contributed by atoms with Crippen LogP contribution in [0.4, 0.5) is 5.69 Å². The monoisotopic (exact) mass is 338 g/mol. The third-order valence-corrected chi connectivity index (χ3v) is 4.76. The molecule has 0 saturated heterocycles. The van der Waals surface area contributed by atoms with E-state index in [1.54, 1.807) is 11.3 Å². The summed E-state index contributed by atoms with van der Waals surface area (Å²) in [5.41, 5.74) is 8.11. The molecule has 0 spiro atoms. The molecule has 0 amide bonds. The number of nitrogen functional groups attached to an aromatic ring is 1. The summed E-state index contributed by atoms with van der Waals surface area (Å²) >= 11 is 5.31. The number of thiophene rings is 1. The molecule has 1 aromatic heterocycles. The molecule has 0 aliphatic carbocycles. The predicted octanol–water partition coefficient (Wildman–Crippen LogP) is 4.50. The zero-order chi connectivity index (χ0) is 13.8. The lowest BCUT2D eigenvalue weighted by atomic mass is 10.1. The first-order chi connectivity index (χ1) is 9.06. The number of nitrogens with two attached hydrogens (primary N) is 1. The zero-order valence-corrected chi connectivity index (χ0v) is 13.7. The maximum atomic E-state index is 6.03. The van der Waals surface area contributed by atoms with Crippen molar-refractivity contribution < 1.29 is 0 Å². The standard InChI is InChI=1S/C15H19BrN2S/c1-11(2)18(10-13-7-8-15(16)19-13)9-12-5-3-4-6-14(12)17/h3-8,11H,9-10,17H2,1-2H3. The van der Waals surface area contributed by atoms with Crippen LogP contribution in [0.25, 0.3) is 0 Å². The molecule has 19 heavy (non-hydrogen) atoms. The fourth-order valence-corrected chi connectivity index (χ4v) is 3.46. The molecule has 0 saturated carbocycles. The number of benzene rings is 1. The lowest BCUT2D eigenvalue weighted by Gasteiger charge is -2.26. The number of anilines is 1. The van der Waals surface area contributed by atoms with Crippen molar-refractivity contribution in [1.82, 2.24) is 4.90 Å². The molecule has 0 aliphatic rings. The lowest BCUT2D eigenvalue weighted by Crippen LogP contribution is -2.29. The van der Waals surface area contributed by atoms with Crippen LogP contribution in [0.1, 0.15) is 24.3 Å². The summed E-state index contributed by atoms with van der Waals surface area (Å²) in [5, 5.41) is 0. The van der Waals surface area contributed by atoms with E-state index >= 15 is 0 Å². The Kier molecular flexibility index (Phi) is 5.02. The summed E-state index contributed by atoms with van der Waals surface area (Å²) in [4.78, 5) is 3.80. The number of nitrogens with zero attached hydrogens (tertiary/aromatic N) is 1. The molecule has 2 aromatic rings. The summed E-state index contributed by atoms with van der Waals surface area (Å²) in [7, 11) is 0. The molecule has 0 aliphatic heterocycles. The van der Waals surface area contributed by atoms with Gasteiger partial charge in [-0.2, -0.15) is 0 Å². The maximum absolute atomic E-state index is 6.03. The van der Waals surface area contributed by atoms with E-state index in [0.717, 1.165) is 18.8 Å². The van der Waals surface area contributed by atoms with Gasteiger partial charge >= 0.3 is 0 Å². The van der Waals surface area contributed by atoms with E-state index in [0.29, 0.717) is 6.04 Å². The van der Waals surface area contributed by atoms with Crippen LogP contribution in [0.3, 0.4) is 0 Å². The predicted molar refractivity (Wildman–Crippen MR) is 87.3 cm³/mol. The van der Waals surface area contributed by atoms with Gasteiger partial charge in [-0.3, -0.25) is 4.90 Å². The van der Waals surface area contributed by atoms with Crippen molar-refractivity contribution in [1.29, 1.82) is 0 Å². The molecule has 0 unspecified atom stereocenters. The van der Waals surface area contributed by atoms with Crippen molar-refractivity contribution >= 4 is 33.0 Å². The summed E-state index contributed by atoms with van der Waals surface area (Å²) in [6.45, 7) is 6.30. The SMILES string of the molecule is CC(C)N(Cc1ccc(Br)s1)Cc1ccccc1N. The number of hydrogen-bond donors (Lipinski definition) is 1. The highest BCUT2D eigenvalue weighted by molar-refractivity contribution is 9.11. The van der Waals surface area contributed by atoms with E-state index in [2.05, 4.69) is 52.9 Å². The second-order valence-corrected chi connectivity index (χ2v) is 7.45. The third kappa shape index (κ3) is 4.06. The number of halogens is 1. The van der Waals surface area contributed by atoms with Crippen molar-refractivity contribution in [2.75, 3.05) is 5.73 Å². The number of hydrogen-bond acceptors (Lipinski definition) is 3. The van der Waals surface area contributed by atoms with E-state index in [1.807, 2.05) is 18.2 Å². The third-order valence-electron chi connectivity index (χ3n) is 3.15. The van der Waals surface area contributed by atoms with Crippen molar-refractivity contribution in [3.63, 3.8) is 0 Å². The summed E-state index contributed by atoms with van der Waals surface area (Å²) < 4.78 is 1.19. The average Bonchev–Trinajstić information content (AvgIpc) is 2.76. The molecule has 0 atom stereocenters. The maximum Gasteiger partial charge on any atom is 0.0701 e. The number of rotatable bonds is 5. The first-order valence-corrected chi connectivity index (χ1v) is 7.99. The quantitative estimate of drug-likeness (QED) is 0.813. The van der Waals surface area contributed by atoms with Gasteiger partial charge in [-0.1, -0.05) is 18.2 Å². The molecule has 0 fully saturated rings. The van der Waals surface area contributed by atoms with E-state index < -0.39 is 0 Å². The fraction of sp³-hybridized carbons (Fsp3) is 0.333. The Hall–Kier alpha value is -0.840. The van der Waals surface area contributed by atoms with Crippen LogP contribution in [0.5, 0.6) is 0 Å². The zero-order valence-electron chi connectivity index (χ0n) is 11.3. The van der Waals surface area contributed by atoms with Gasteiger partial charge < -0.3 is 5.73 Å². The van der Waals surface area contributed by atoms with Crippen molar-refractivity contribution in [3.05, 3.63) is 50.6 Å². The molecule has 2 nitrogen and oxygen atoms in total. The van der Waals surface area contributed by atoms with Crippen molar-refractivity contribution in [2.24, 2.45) is 0 Å². The largest absolute Gasteiger partial charge is 0.398 e. The van der Waals surface area contributed by atoms with Crippen molar-refractivity contribution in [3.8, 4) is 0 Å². The van der Waals surface area contributed by atoms with E-state index in [9.17, 15) is 0 Å². The first-order valence-electron chi connectivity index (χ1n) is 6.38. The van der Waals surface area contributed by atoms with Crippen LogP contribution >= 0.6 is 27.3 Å². The highest BCUT2D eigenvalue weighted by Gasteiger charge is 2.13. The van der Waals surface area contributed by atoms with Crippen LogP contribution in [0.2, 0.25) is 0 Å². The number of para-hydroxylation sites is 1. The Labute approximate surface area is 127 Å². The summed E-state index contributed by atoms with van der Waals surface area (Å²) in [6, 6.07) is 12.9. The highest BCUT2D eigenvalue weighted by atomic mass is 79.9. The Morgan fingerprint density at radius 3 is 2.47 bits per heavy atom. The second-order valence-electron chi connectivity index (χ2n) is 4.90. The van der Waals surface area contributed by atoms with Gasteiger partial charge in [0.25, 0.3) is 0 Å². The molecular weight excluding hydrogens is 320 g/mol. The van der Waals surface area contributed by atoms with Crippen LogP contribution in [0.15, 0.2) is 40.2 Å². The van der Waals surface area contributed by atoms with Crippen LogP contribution < -0.4 is 5.73 Å². The average molecular weight is 339 g/mol. The lowest BCUT2D eigenvalue weighted by molar-refractivity contribution is 0.206. The van der Waals surface area contributed by atoms with Crippen LogP contribution in [0, 0.1) is 0 Å². The minimum absolute atomic E-state index is 0.487. The Bertz CT molecular complexity index is 536. The molecule has 4 heteroatoms. The molecule has 0 bridgehead atoms. The van der Waals surface area contributed by atoms with Gasteiger partial charge in [-0.25, -0.2) is 0 Å². The topological polar surface area (TPSA) is 29.3 Å². The van der Waals surface area contributed by atoms with Gasteiger partial charge in [0.2, 0.25) is 0 Å². The Morgan fingerprint density at radius 1 is 1.16 bits per heavy atom. The fourth-order valence-electron chi connectivity index (χ4n) is 1.95. The molecule has 1 aromatic carbocycles. The highest BCUT2D eigenvalue weighted by Crippen LogP contribution is 2.25. The minimum Gasteiger partial charge on any atom is -0.398 e. The van der Waals surface area contributed by atoms with E-state index in [4.69, 9.17) is 5.73 Å². The Morgan fingerprint density at radius 2 is 1.89 bits per heavy atom. The minimum atomic E-state index is 0.487. The molecule has 2 N–H and O–H groups in total. The molecule has 102 valence electrons. The normalized spacial score (nSPS) is 11.4. The first kappa shape index (κ1) is 14.6. The van der Waals surface area contributed by atoms with E-state index in [-0.39, 0.29) is 0 Å². The van der Waals surface area contributed by atoms with Gasteiger partial charge in [0.05, 0.1) is 3.79 Å². The molecule has 0 radical (unpaired) electrons. The van der Waals surface area contributed by atoms with Gasteiger partial charge in [0.1, 0.15) is 0 Å². The van der Waals surface area contributed by atoms with Crippen LogP contribution in [-0.2, 0) is 13.1 Å². The second kappa shape index (κ2) is 6.55. The summed E-state index contributed by atoms with van der Waals surface area (Å²) in [6.07, 6.45) is 0. The smallest absolute Gasteiger partial charge is 0.0701 e. The van der Waals surface area contributed by atoms with Gasteiger partial charge in [0.15, 0.2) is 0 Å². The molecular formula is C15H19BrN2S. The van der Waals surface area contributed by atoms with Crippen LogP contribution in [-0.4, -0.2) is 10.9 Å². The van der Waals surface area contributed by atoms with Gasteiger partial charge in [-0.15, -0.1) is 11.3 Å². The van der Waals surface area contributed by atoms with Gasteiger partial charge in [0, 0.05) is 29.7 Å². The summed E-state index contributed by atoms with van der Waals surface area (Å²) in [5.74, 6) is 0. The van der Waals surface area contributed by atoms with Crippen molar-refractivity contribution in [2.45, 2.75) is 33.0 Å². The molecule has 2 rings (SSSR count).